The summed E-state index contributed by atoms with van der Waals surface area (Å²) in [5, 5.41) is 12.4. The monoisotopic (exact) mass is 453 g/mol. The third kappa shape index (κ3) is 4.28. The third-order valence-electron chi connectivity index (χ3n) is 6.79. The zero-order valence-electron chi connectivity index (χ0n) is 18.1. The minimum atomic E-state index is -0.852. The molecule has 1 aliphatic carbocycles. The fourth-order valence-corrected chi connectivity index (χ4v) is 4.90. The molecule has 1 amide bonds. The van der Waals surface area contributed by atoms with E-state index in [9.17, 15) is 13.6 Å². The number of rotatable bonds is 6. The summed E-state index contributed by atoms with van der Waals surface area (Å²) in [5.41, 5.74) is 0.876. The molecule has 2 aliphatic heterocycles. The molecule has 3 fully saturated rings. The summed E-state index contributed by atoms with van der Waals surface area (Å²) >= 11 is 0. The Bertz CT molecular complexity index is 1070. The molecule has 0 spiro atoms. The lowest BCUT2D eigenvalue weighted by Crippen LogP contribution is -2.66. The van der Waals surface area contributed by atoms with E-state index in [1.54, 1.807) is 18.3 Å². The zero-order chi connectivity index (χ0) is 23.0. The Morgan fingerprint density at radius 3 is 2.55 bits per heavy atom. The fourth-order valence-electron chi connectivity index (χ4n) is 4.90. The van der Waals surface area contributed by atoms with Gasteiger partial charge in [0, 0.05) is 37.8 Å². The maximum atomic E-state index is 13.6. The van der Waals surface area contributed by atoms with Gasteiger partial charge in [0.15, 0.2) is 11.6 Å². The van der Waals surface area contributed by atoms with Gasteiger partial charge in [-0.2, -0.15) is 5.26 Å². The smallest absolute Gasteiger partial charge is 0.223 e. The van der Waals surface area contributed by atoms with Gasteiger partial charge < -0.3 is 19.9 Å². The number of piperazine rings is 1. The van der Waals surface area contributed by atoms with Gasteiger partial charge in [-0.05, 0) is 42.7 Å². The maximum absolute atomic E-state index is 13.6. The second-order valence-corrected chi connectivity index (χ2v) is 8.96. The van der Waals surface area contributed by atoms with Gasteiger partial charge in [-0.15, -0.1) is 0 Å². The number of halogens is 2. The van der Waals surface area contributed by atoms with E-state index in [1.807, 2.05) is 11.0 Å². The number of hydrogen-bond donors (Lipinski definition) is 1. The van der Waals surface area contributed by atoms with Crippen LogP contribution in [-0.2, 0) is 15.1 Å². The second kappa shape index (κ2) is 8.69. The van der Waals surface area contributed by atoms with E-state index in [0.29, 0.717) is 44.8 Å². The first-order valence-corrected chi connectivity index (χ1v) is 11.2. The number of aromatic nitrogens is 1. The molecule has 9 heteroatoms. The molecule has 1 aromatic heterocycles. The van der Waals surface area contributed by atoms with Gasteiger partial charge in [0.05, 0.1) is 30.9 Å². The average molecular weight is 453 g/mol. The highest BCUT2D eigenvalue weighted by molar-refractivity contribution is 5.77. The highest BCUT2D eigenvalue weighted by atomic mass is 19.2. The highest BCUT2D eigenvalue weighted by Crippen LogP contribution is 2.45. The Kier molecular flexibility index (Phi) is 5.72. The van der Waals surface area contributed by atoms with Crippen molar-refractivity contribution >= 4 is 11.7 Å². The number of hydrogen-bond acceptors (Lipinski definition) is 6. The molecule has 2 unspecified atom stereocenters. The van der Waals surface area contributed by atoms with Crippen molar-refractivity contribution in [3.63, 3.8) is 0 Å². The Labute approximate surface area is 191 Å². The molecular weight excluding hydrogens is 428 g/mol. The van der Waals surface area contributed by atoms with Gasteiger partial charge in [0.25, 0.3) is 0 Å². The number of nitrogens with zero attached hydrogens (tertiary/aromatic N) is 4. The fraction of sp³-hybridized carbons (Fsp3) is 0.458. The molecule has 3 heterocycles. The predicted molar refractivity (Wildman–Crippen MR) is 116 cm³/mol. The van der Waals surface area contributed by atoms with Crippen LogP contribution in [0, 0.1) is 23.0 Å². The van der Waals surface area contributed by atoms with Crippen LogP contribution in [0.2, 0.25) is 0 Å². The van der Waals surface area contributed by atoms with Crippen molar-refractivity contribution in [2.45, 2.75) is 36.9 Å². The van der Waals surface area contributed by atoms with Crippen LogP contribution in [0.15, 0.2) is 36.5 Å². The summed E-state index contributed by atoms with van der Waals surface area (Å²) in [6.45, 7) is 2.59. The van der Waals surface area contributed by atoms with E-state index in [0.717, 1.165) is 30.3 Å². The predicted octanol–water partition coefficient (Wildman–Crippen LogP) is 2.32. The van der Waals surface area contributed by atoms with Gasteiger partial charge in [0.1, 0.15) is 11.9 Å². The zero-order valence-corrected chi connectivity index (χ0v) is 18.1. The standard InChI is InChI=1S/C24H25F2N5O2/c25-20-3-2-17(9-21(20)26)24(6-7-24)29-8-5-23(32)30-12-18-14-33-15-19(13-30)31(18)22-4-1-16(10-27)11-28-22/h1-4,9,11,18-19,29H,5-8,12-15H2. The Morgan fingerprint density at radius 1 is 1.18 bits per heavy atom. The molecule has 2 atom stereocenters. The lowest BCUT2D eigenvalue weighted by molar-refractivity contribution is -0.134. The van der Waals surface area contributed by atoms with Gasteiger partial charge in [-0.1, -0.05) is 6.07 Å². The molecule has 172 valence electrons. The lowest BCUT2D eigenvalue weighted by atomic mass is 10.0. The summed E-state index contributed by atoms with van der Waals surface area (Å²) in [6.07, 6.45) is 3.57. The van der Waals surface area contributed by atoms with Crippen LogP contribution in [0.4, 0.5) is 14.6 Å². The van der Waals surface area contributed by atoms with Crippen LogP contribution in [0.1, 0.15) is 30.4 Å². The summed E-state index contributed by atoms with van der Waals surface area (Å²) in [4.78, 5) is 21.5. The molecule has 1 N–H and O–H groups in total. The Hall–Kier alpha value is -3.09. The van der Waals surface area contributed by atoms with Crippen LogP contribution in [0.5, 0.6) is 0 Å². The first kappa shape index (κ1) is 21.7. The quantitative estimate of drug-likeness (QED) is 0.723. The lowest BCUT2D eigenvalue weighted by Gasteiger charge is -2.50. The van der Waals surface area contributed by atoms with Gasteiger partial charge >= 0.3 is 0 Å². The van der Waals surface area contributed by atoms with Crippen molar-refractivity contribution in [1.82, 2.24) is 15.2 Å². The van der Waals surface area contributed by atoms with E-state index in [1.165, 1.54) is 6.07 Å². The van der Waals surface area contributed by atoms with Crippen LogP contribution in [0.3, 0.4) is 0 Å². The number of fused-ring (bicyclic) bond motifs is 2. The number of carbonyl (C=O) groups excluding carboxylic acids is 1. The number of nitriles is 1. The van der Waals surface area contributed by atoms with Crippen molar-refractivity contribution in [1.29, 1.82) is 5.26 Å². The summed E-state index contributed by atoms with van der Waals surface area (Å²) in [6, 6.07) is 9.70. The number of benzene rings is 1. The molecule has 33 heavy (non-hydrogen) atoms. The first-order valence-electron chi connectivity index (χ1n) is 11.2. The van der Waals surface area contributed by atoms with Gasteiger partial charge in [-0.3, -0.25) is 4.79 Å². The van der Waals surface area contributed by atoms with Crippen LogP contribution in [-0.4, -0.2) is 60.7 Å². The van der Waals surface area contributed by atoms with Gasteiger partial charge in [0.2, 0.25) is 5.91 Å². The highest BCUT2D eigenvalue weighted by Gasteiger charge is 2.44. The van der Waals surface area contributed by atoms with E-state index in [2.05, 4.69) is 21.3 Å². The Balaban J connectivity index is 1.18. The number of ether oxygens (including phenoxy) is 1. The number of amides is 1. The van der Waals surface area contributed by atoms with Crippen molar-refractivity contribution in [2.24, 2.45) is 0 Å². The Morgan fingerprint density at radius 2 is 1.94 bits per heavy atom. The summed E-state index contributed by atoms with van der Waals surface area (Å²) in [7, 11) is 0. The number of anilines is 1. The summed E-state index contributed by atoms with van der Waals surface area (Å²) in [5.74, 6) is -0.842. The van der Waals surface area contributed by atoms with Crippen LogP contribution >= 0.6 is 0 Å². The van der Waals surface area contributed by atoms with Crippen molar-refractivity contribution < 1.29 is 18.3 Å². The molecule has 2 saturated heterocycles. The molecule has 0 radical (unpaired) electrons. The van der Waals surface area contributed by atoms with Crippen molar-refractivity contribution in [2.75, 3.05) is 37.7 Å². The first-order chi connectivity index (χ1) is 16.0. The van der Waals surface area contributed by atoms with Crippen LogP contribution in [0.25, 0.3) is 0 Å². The largest absolute Gasteiger partial charge is 0.377 e. The molecule has 3 aliphatic rings. The van der Waals surface area contributed by atoms with Crippen LogP contribution < -0.4 is 10.2 Å². The van der Waals surface area contributed by atoms with Crippen molar-refractivity contribution in [3.05, 3.63) is 59.3 Å². The third-order valence-corrected chi connectivity index (χ3v) is 6.79. The minimum Gasteiger partial charge on any atom is -0.377 e. The topological polar surface area (TPSA) is 81.5 Å². The molecule has 1 aromatic carbocycles. The number of carbonyl (C=O) groups is 1. The van der Waals surface area contributed by atoms with Crippen molar-refractivity contribution in [3.8, 4) is 6.07 Å². The number of morpholine rings is 1. The number of nitrogens with one attached hydrogen (secondary N) is 1. The minimum absolute atomic E-state index is 0.00631. The molecular formula is C24H25F2N5O2. The van der Waals surface area contributed by atoms with E-state index in [4.69, 9.17) is 10.00 Å². The van der Waals surface area contributed by atoms with Gasteiger partial charge in [-0.25, -0.2) is 13.8 Å². The molecule has 7 nitrogen and oxygen atoms in total. The molecule has 5 rings (SSSR count). The molecule has 2 aromatic rings. The van der Waals surface area contributed by atoms with E-state index in [-0.39, 0.29) is 23.5 Å². The van der Waals surface area contributed by atoms with E-state index < -0.39 is 11.6 Å². The SMILES string of the molecule is N#Cc1ccc(N2C3COCC2CN(C(=O)CCNC2(c4ccc(F)c(F)c4)CC2)C3)nc1. The normalized spacial score (nSPS) is 23.2. The number of pyridine rings is 1. The maximum Gasteiger partial charge on any atom is 0.223 e. The molecule has 1 saturated carbocycles. The second-order valence-electron chi connectivity index (χ2n) is 8.96. The average Bonchev–Trinajstić information content (AvgIpc) is 3.61. The summed E-state index contributed by atoms with van der Waals surface area (Å²) < 4.78 is 32.6. The van der Waals surface area contributed by atoms with E-state index >= 15 is 0 Å². The molecule has 2 bridgehead atoms.